The second-order valence-corrected chi connectivity index (χ2v) is 7.63. The zero-order valence-electron chi connectivity index (χ0n) is 16.6. The maximum absolute atomic E-state index is 14.0. The number of ether oxygens (including phenoxy) is 2. The summed E-state index contributed by atoms with van der Waals surface area (Å²) in [6, 6.07) is 11.3. The predicted molar refractivity (Wildman–Crippen MR) is 107 cm³/mol. The fourth-order valence-electron chi connectivity index (χ4n) is 3.95. The monoisotopic (exact) mass is 427 g/mol. The van der Waals surface area contributed by atoms with Crippen LogP contribution in [0.5, 0.6) is 11.5 Å². The molecule has 2 fully saturated rings. The van der Waals surface area contributed by atoms with Crippen molar-refractivity contribution in [2.45, 2.75) is 25.5 Å². The zero-order chi connectivity index (χ0) is 21.4. The van der Waals surface area contributed by atoms with E-state index in [1.54, 1.807) is 18.2 Å². The van der Waals surface area contributed by atoms with Crippen LogP contribution in [0, 0.1) is 11.7 Å². The Morgan fingerprint density at radius 2 is 1.97 bits per heavy atom. The third-order valence-corrected chi connectivity index (χ3v) is 5.63. The van der Waals surface area contributed by atoms with E-state index < -0.39 is 23.9 Å². The first-order valence-electron chi connectivity index (χ1n) is 10.0. The number of urea groups is 1. The number of rotatable bonds is 5. The summed E-state index contributed by atoms with van der Waals surface area (Å²) < 4.78 is 24.7. The largest absolute Gasteiger partial charge is 0.454 e. The van der Waals surface area contributed by atoms with Gasteiger partial charge in [0.15, 0.2) is 11.5 Å². The summed E-state index contributed by atoms with van der Waals surface area (Å²) in [7, 11) is 0. The van der Waals surface area contributed by atoms with Gasteiger partial charge in [-0.15, -0.1) is 0 Å². The van der Waals surface area contributed by atoms with E-state index >= 15 is 0 Å². The molecule has 4 N–H and O–H groups in total. The minimum Gasteiger partial charge on any atom is -0.454 e. The molecule has 0 radical (unpaired) electrons. The van der Waals surface area contributed by atoms with Gasteiger partial charge in [0.05, 0.1) is 18.6 Å². The molecule has 0 saturated carbocycles. The first kappa shape index (κ1) is 19.7. The van der Waals surface area contributed by atoms with Crippen molar-refractivity contribution in [2.24, 2.45) is 5.92 Å². The number of halogens is 1. The summed E-state index contributed by atoms with van der Waals surface area (Å²) in [6.45, 7) is 1.03. The van der Waals surface area contributed by atoms with Gasteiger partial charge in [0.25, 0.3) is 0 Å². The van der Waals surface area contributed by atoms with Gasteiger partial charge in [-0.05, 0) is 23.8 Å². The number of hydrogen-bond donors (Lipinski definition) is 4. The Balaban J connectivity index is 1.19. The topological polar surface area (TPSA) is 104 Å². The highest BCUT2D eigenvalue weighted by Crippen LogP contribution is 2.32. The summed E-state index contributed by atoms with van der Waals surface area (Å²) in [5.41, 5.74) is 1.30. The summed E-state index contributed by atoms with van der Waals surface area (Å²) >= 11 is 0. The second-order valence-electron chi connectivity index (χ2n) is 7.63. The van der Waals surface area contributed by atoms with E-state index in [0.717, 1.165) is 16.2 Å². The number of benzene rings is 2. The molecule has 2 aromatic carbocycles. The van der Waals surface area contributed by atoms with Crippen LogP contribution in [-0.2, 0) is 17.9 Å². The Kier molecular flexibility index (Phi) is 5.18. The first-order chi connectivity index (χ1) is 15.1. The van der Waals surface area contributed by atoms with Gasteiger partial charge >= 0.3 is 6.03 Å². The number of amides is 3. The van der Waals surface area contributed by atoms with Crippen molar-refractivity contribution in [1.29, 1.82) is 0 Å². The van der Waals surface area contributed by atoms with Crippen LogP contribution in [0.25, 0.3) is 0 Å². The van der Waals surface area contributed by atoms with Crippen molar-refractivity contribution >= 4 is 11.9 Å². The van der Waals surface area contributed by atoms with E-state index in [0.29, 0.717) is 24.4 Å². The van der Waals surface area contributed by atoms with Gasteiger partial charge < -0.3 is 14.8 Å². The Morgan fingerprint density at radius 3 is 2.84 bits per heavy atom. The lowest BCUT2D eigenvalue weighted by Gasteiger charge is -2.43. The highest BCUT2D eigenvalue weighted by atomic mass is 19.1. The fraction of sp³-hybridized carbons (Fsp3) is 0.333. The van der Waals surface area contributed by atoms with Crippen LogP contribution in [0.2, 0.25) is 0 Å². The molecule has 3 atom stereocenters. The molecule has 3 aliphatic rings. The minimum atomic E-state index is -0.543. The van der Waals surface area contributed by atoms with Gasteiger partial charge in [0, 0.05) is 18.7 Å². The summed E-state index contributed by atoms with van der Waals surface area (Å²) in [6.07, 6.45) is -0.828. The molecule has 3 heterocycles. The van der Waals surface area contributed by atoms with Crippen molar-refractivity contribution < 1.29 is 23.5 Å². The molecular weight excluding hydrogens is 405 g/mol. The molecule has 0 spiro atoms. The van der Waals surface area contributed by atoms with Gasteiger partial charge in [-0.3, -0.25) is 25.6 Å². The lowest BCUT2D eigenvalue weighted by Crippen LogP contribution is -2.74. The molecule has 3 unspecified atom stereocenters. The predicted octanol–water partition coefficient (Wildman–Crippen LogP) is 0.815. The number of hydrogen-bond acceptors (Lipinski definition) is 7. The third kappa shape index (κ3) is 3.92. The number of nitrogens with one attached hydrogen (secondary N) is 4. The van der Waals surface area contributed by atoms with Crippen molar-refractivity contribution in [3.05, 3.63) is 59.4 Å². The van der Waals surface area contributed by atoms with Crippen molar-refractivity contribution in [2.75, 3.05) is 13.3 Å². The van der Waals surface area contributed by atoms with Crippen molar-refractivity contribution in [3.63, 3.8) is 0 Å². The van der Waals surface area contributed by atoms with Gasteiger partial charge in [0.2, 0.25) is 12.7 Å². The summed E-state index contributed by atoms with van der Waals surface area (Å²) in [5.74, 6) is 0.157. The molecule has 0 aliphatic carbocycles. The minimum absolute atomic E-state index is 0.105. The van der Waals surface area contributed by atoms with Gasteiger partial charge in [-0.25, -0.2) is 9.18 Å². The molecule has 0 bridgehead atoms. The van der Waals surface area contributed by atoms with E-state index in [9.17, 15) is 14.0 Å². The quantitative estimate of drug-likeness (QED) is 0.560. The average Bonchev–Trinajstić information content (AvgIpc) is 3.24. The summed E-state index contributed by atoms with van der Waals surface area (Å²) in [4.78, 5) is 26.5. The number of carbonyl (C=O) groups excluding carboxylic acids is 2. The maximum Gasteiger partial charge on any atom is 0.325 e. The van der Waals surface area contributed by atoms with E-state index in [2.05, 4.69) is 21.3 Å². The van der Waals surface area contributed by atoms with Crippen LogP contribution in [0.3, 0.4) is 0 Å². The average molecular weight is 427 g/mol. The van der Waals surface area contributed by atoms with Crippen LogP contribution in [0.1, 0.15) is 11.1 Å². The van der Waals surface area contributed by atoms with Gasteiger partial charge in [-0.2, -0.15) is 0 Å². The standard InChI is InChI=1S/C21H22FN5O4/c22-15-4-2-1-3-13(15)10-27-19(28)14-9-24-20(25-18(14)26-21(27)29)23-8-12-5-6-16-17(7-12)31-11-30-16/h1-7,14,18,20,23-25H,8-11H2,(H,26,29). The number of carbonyl (C=O) groups is 2. The molecule has 162 valence electrons. The normalized spacial score (nSPS) is 24.7. The third-order valence-electron chi connectivity index (χ3n) is 5.63. The molecule has 2 aromatic rings. The van der Waals surface area contributed by atoms with E-state index in [4.69, 9.17) is 9.47 Å². The number of nitrogens with zero attached hydrogens (tertiary/aromatic N) is 1. The van der Waals surface area contributed by atoms with Crippen LogP contribution in [0.4, 0.5) is 9.18 Å². The van der Waals surface area contributed by atoms with Crippen LogP contribution in [-0.4, -0.2) is 42.6 Å². The first-order valence-corrected chi connectivity index (χ1v) is 10.0. The Bertz CT molecular complexity index is 1020. The molecule has 2 saturated heterocycles. The second kappa shape index (κ2) is 8.14. The molecule has 5 rings (SSSR count). The molecular formula is C21H22FN5O4. The summed E-state index contributed by atoms with van der Waals surface area (Å²) in [5, 5.41) is 12.6. The van der Waals surface area contributed by atoms with E-state index in [1.165, 1.54) is 6.07 Å². The lowest BCUT2D eigenvalue weighted by molar-refractivity contribution is -0.137. The number of fused-ring (bicyclic) bond motifs is 2. The molecule has 31 heavy (non-hydrogen) atoms. The highest BCUT2D eigenvalue weighted by molar-refractivity contribution is 5.98. The Morgan fingerprint density at radius 1 is 1.13 bits per heavy atom. The Labute approximate surface area is 177 Å². The van der Waals surface area contributed by atoms with Crippen molar-refractivity contribution in [1.82, 2.24) is 26.2 Å². The van der Waals surface area contributed by atoms with Crippen LogP contribution in [0.15, 0.2) is 42.5 Å². The van der Waals surface area contributed by atoms with Gasteiger partial charge in [-0.1, -0.05) is 24.3 Å². The molecule has 0 aromatic heterocycles. The van der Waals surface area contributed by atoms with Crippen LogP contribution >= 0.6 is 0 Å². The Hall–Kier alpha value is -3.21. The van der Waals surface area contributed by atoms with Crippen LogP contribution < -0.4 is 30.7 Å². The molecule has 3 amide bonds. The highest BCUT2D eigenvalue weighted by Gasteiger charge is 2.44. The zero-order valence-corrected chi connectivity index (χ0v) is 16.6. The molecule has 10 heteroatoms. The smallest absolute Gasteiger partial charge is 0.325 e. The van der Waals surface area contributed by atoms with Gasteiger partial charge in [0.1, 0.15) is 12.1 Å². The lowest BCUT2D eigenvalue weighted by atomic mass is 9.99. The fourth-order valence-corrected chi connectivity index (χ4v) is 3.95. The molecule has 9 nitrogen and oxygen atoms in total. The SMILES string of the molecule is O=C1NC2NC(NCc3ccc4c(c3)OCO4)NCC2C(=O)N1Cc1ccccc1F. The molecule has 3 aliphatic heterocycles. The maximum atomic E-state index is 14.0. The van der Waals surface area contributed by atoms with Crippen molar-refractivity contribution in [3.8, 4) is 11.5 Å². The van der Waals surface area contributed by atoms with E-state index in [1.807, 2.05) is 18.2 Å². The number of imide groups is 1. The van der Waals surface area contributed by atoms with E-state index in [-0.39, 0.29) is 25.5 Å².